The van der Waals surface area contributed by atoms with E-state index in [0.717, 1.165) is 27.9 Å². The molecule has 4 rings (SSSR count). The Morgan fingerprint density at radius 1 is 1.21 bits per heavy atom. The first kappa shape index (κ1) is 18.1. The smallest absolute Gasteiger partial charge is 0.221 e. The molecule has 1 atom stereocenters. The molecule has 3 N–H and O–H groups in total. The van der Waals surface area contributed by atoms with Crippen LogP contribution in [0.2, 0.25) is 0 Å². The molecule has 0 amide bonds. The Hall–Kier alpha value is -3.28. The van der Waals surface area contributed by atoms with Gasteiger partial charge in [-0.25, -0.2) is 14.6 Å². The largest absolute Gasteiger partial charge is 0.371 e. The Kier molecular flexibility index (Phi) is 4.34. The molecular formula is C20H18N6OS. The van der Waals surface area contributed by atoms with Gasteiger partial charge in [-0.1, -0.05) is 11.8 Å². The van der Waals surface area contributed by atoms with Gasteiger partial charge in [-0.3, -0.25) is 0 Å². The maximum atomic E-state index is 10.7. The van der Waals surface area contributed by atoms with Crippen LogP contribution in [0.3, 0.4) is 0 Å². The molecule has 1 unspecified atom stereocenters. The van der Waals surface area contributed by atoms with Gasteiger partial charge in [0.2, 0.25) is 5.95 Å². The zero-order valence-corrected chi connectivity index (χ0v) is 16.4. The molecule has 0 saturated carbocycles. The molecule has 7 nitrogen and oxygen atoms in total. The van der Waals surface area contributed by atoms with Gasteiger partial charge in [-0.2, -0.15) is 10.1 Å². The first-order valence-corrected chi connectivity index (χ1v) is 9.48. The lowest BCUT2D eigenvalue weighted by Gasteiger charge is -2.12. The second-order valence-electron chi connectivity index (χ2n) is 6.62. The maximum absolute atomic E-state index is 10.7. The van der Waals surface area contributed by atoms with Crippen molar-refractivity contribution in [3.05, 3.63) is 57.8 Å². The second kappa shape index (κ2) is 6.71. The number of nitrogens with zero attached hydrogens (tertiary/aromatic N) is 5. The van der Waals surface area contributed by atoms with Gasteiger partial charge in [0.15, 0.2) is 11.4 Å². The van der Waals surface area contributed by atoms with E-state index in [2.05, 4.69) is 31.9 Å². The fraction of sp³-hybridized carbons (Fsp3) is 0.200. The number of hydrogen-bond donors (Lipinski definition) is 2. The van der Waals surface area contributed by atoms with Crippen molar-refractivity contribution in [1.29, 1.82) is 0 Å². The molecule has 3 heterocycles. The minimum absolute atomic E-state index is 0.185. The number of aliphatic hydroxyl groups is 1. The van der Waals surface area contributed by atoms with Gasteiger partial charge in [0.1, 0.15) is 5.01 Å². The van der Waals surface area contributed by atoms with E-state index in [1.54, 1.807) is 23.9 Å². The zero-order chi connectivity index (χ0) is 19.9. The van der Waals surface area contributed by atoms with Gasteiger partial charge in [0.25, 0.3) is 0 Å². The Morgan fingerprint density at radius 2 is 2.04 bits per heavy atom. The van der Waals surface area contributed by atoms with Crippen LogP contribution in [0.5, 0.6) is 0 Å². The predicted molar refractivity (Wildman–Crippen MR) is 109 cm³/mol. The molecular weight excluding hydrogens is 372 g/mol. The fourth-order valence-corrected chi connectivity index (χ4v) is 3.64. The van der Waals surface area contributed by atoms with Crippen LogP contribution in [0.1, 0.15) is 28.9 Å². The topological polar surface area (TPSA) is 103 Å². The van der Waals surface area contributed by atoms with Crippen molar-refractivity contribution in [3.8, 4) is 17.7 Å². The summed E-state index contributed by atoms with van der Waals surface area (Å²) < 4.78 is 1.72. The molecule has 3 aromatic heterocycles. The van der Waals surface area contributed by atoms with Crippen molar-refractivity contribution >= 4 is 28.2 Å². The van der Waals surface area contributed by atoms with Crippen molar-refractivity contribution < 1.29 is 5.11 Å². The molecule has 4 aromatic rings. The van der Waals surface area contributed by atoms with Crippen molar-refractivity contribution in [2.45, 2.75) is 26.4 Å². The number of anilines is 1. The summed E-state index contributed by atoms with van der Waals surface area (Å²) in [5, 5.41) is 18.7. The highest BCUT2D eigenvalue weighted by atomic mass is 32.1. The molecule has 1 aromatic carbocycles. The summed E-state index contributed by atoms with van der Waals surface area (Å²) in [5.41, 5.74) is 7.74. The molecule has 0 aliphatic carbocycles. The molecule has 8 heteroatoms. The summed E-state index contributed by atoms with van der Waals surface area (Å²) in [5.74, 6) is 6.74. The first-order chi connectivity index (χ1) is 13.3. The molecule has 28 heavy (non-hydrogen) atoms. The van der Waals surface area contributed by atoms with Crippen LogP contribution in [-0.2, 0) is 5.60 Å². The predicted octanol–water partition coefficient (Wildman–Crippen LogP) is 2.73. The van der Waals surface area contributed by atoms with E-state index >= 15 is 0 Å². The fourth-order valence-electron chi connectivity index (χ4n) is 2.83. The van der Waals surface area contributed by atoms with Crippen LogP contribution in [0.4, 0.5) is 5.95 Å². The summed E-state index contributed by atoms with van der Waals surface area (Å²) in [6, 6.07) is 7.54. The SMILES string of the molecule is Cc1csc(C(C)(O)C#Cc2ccc3c(C)nn(-c4ccnc(N)n4)c3c2)n1. The average Bonchev–Trinajstić information content (AvgIpc) is 3.24. The minimum Gasteiger partial charge on any atom is -0.371 e. The number of nitrogen functional groups attached to an aromatic ring is 1. The molecule has 140 valence electrons. The summed E-state index contributed by atoms with van der Waals surface area (Å²) in [4.78, 5) is 12.5. The van der Waals surface area contributed by atoms with Gasteiger partial charge in [-0.05, 0) is 39.0 Å². The van der Waals surface area contributed by atoms with E-state index in [1.807, 2.05) is 37.4 Å². The highest BCUT2D eigenvalue weighted by Crippen LogP contribution is 2.25. The normalized spacial score (nSPS) is 13.1. The second-order valence-corrected chi connectivity index (χ2v) is 7.48. The van der Waals surface area contributed by atoms with Gasteiger partial charge in [0.05, 0.1) is 11.2 Å². The van der Waals surface area contributed by atoms with Gasteiger partial charge in [-0.15, -0.1) is 11.3 Å². The quantitative estimate of drug-likeness (QED) is 0.510. The third-order valence-corrected chi connectivity index (χ3v) is 5.40. The lowest BCUT2D eigenvalue weighted by Crippen LogP contribution is -2.18. The molecule has 0 aliphatic rings. The van der Waals surface area contributed by atoms with Gasteiger partial charge in [0, 0.05) is 34.3 Å². The zero-order valence-electron chi connectivity index (χ0n) is 15.6. The molecule has 0 saturated heterocycles. The summed E-state index contributed by atoms with van der Waals surface area (Å²) >= 11 is 1.39. The van der Waals surface area contributed by atoms with E-state index in [9.17, 15) is 5.11 Å². The molecule has 0 bridgehead atoms. The number of benzene rings is 1. The monoisotopic (exact) mass is 390 g/mol. The number of aromatic nitrogens is 5. The van der Waals surface area contributed by atoms with E-state index in [-0.39, 0.29) is 5.95 Å². The Balaban J connectivity index is 1.77. The van der Waals surface area contributed by atoms with Crippen LogP contribution in [0.25, 0.3) is 16.7 Å². The van der Waals surface area contributed by atoms with Crippen LogP contribution in [0, 0.1) is 25.7 Å². The lowest BCUT2D eigenvalue weighted by molar-refractivity contribution is 0.121. The highest BCUT2D eigenvalue weighted by Gasteiger charge is 2.23. The van der Waals surface area contributed by atoms with Crippen LogP contribution in [-0.4, -0.2) is 29.8 Å². The van der Waals surface area contributed by atoms with E-state index < -0.39 is 5.60 Å². The van der Waals surface area contributed by atoms with Crippen molar-refractivity contribution in [2.24, 2.45) is 0 Å². The maximum Gasteiger partial charge on any atom is 0.221 e. The van der Waals surface area contributed by atoms with Crippen LogP contribution < -0.4 is 5.73 Å². The Labute approximate surface area is 165 Å². The third kappa shape index (κ3) is 3.33. The third-order valence-electron chi connectivity index (χ3n) is 4.23. The standard InChI is InChI=1S/C20H18N6OS/c1-12-11-28-18(23-12)20(3,27)8-6-14-4-5-15-13(2)25-26(16(15)10-14)17-7-9-22-19(21)24-17/h4-5,7,9-11,27H,1-3H3,(H2,21,22,24). The van der Waals surface area contributed by atoms with E-state index in [1.165, 1.54) is 11.3 Å². The Bertz CT molecular complexity index is 1240. The molecule has 0 spiro atoms. The van der Waals surface area contributed by atoms with Crippen LogP contribution in [0.15, 0.2) is 35.8 Å². The average molecular weight is 390 g/mol. The van der Waals surface area contributed by atoms with Crippen molar-refractivity contribution in [3.63, 3.8) is 0 Å². The van der Waals surface area contributed by atoms with Crippen LogP contribution >= 0.6 is 11.3 Å². The molecule has 0 fully saturated rings. The van der Waals surface area contributed by atoms with E-state index in [4.69, 9.17) is 5.73 Å². The summed E-state index contributed by atoms with van der Waals surface area (Å²) in [6.45, 7) is 5.47. The van der Waals surface area contributed by atoms with Gasteiger partial charge < -0.3 is 10.8 Å². The number of rotatable bonds is 2. The highest BCUT2D eigenvalue weighted by molar-refractivity contribution is 7.09. The van der Waals surface area contributed by atoms with E-state index in [0.29, 0.717) is 10.8 Å². The number of fused-ring (bicyclic) bond motifs is 1. The number of nitrogens with two attached hydrogens (primary N) is 1. The van der Waals surface area contributed by atoms with Crippen molar-refractivity contribution in [2.75, 3.05) is 5.73 Å². The summed E-state index contributed by atoms with van der Waals surface area (Å²) in [6.07, 6.45) is 1.59. The first-order valence-electron chi connectivity index (χ1n) is 8.60. The van der Waals surface area contributed by atoms with Gasteiger partial charge >= 0.3 is 0 Å². The lowest BCUT2D eigenvalue weighted by atomic mass is 10.1. The minimum atomic E-state index is -1.31. The molecule has 0 radical (unpaired) electrons. The number of aryl methyl sites for hydroxylation is 2. The van der Waals surface area contributed by atoms with Crippen molar-refractivity contribution in [1.82, 2.24) is 24.7 Å². The molecule has 0 aliphatic heterocycles. The Morgan fingerprint density at radius 3 is 2.75 bits per heavy atom. The summed E-state index contributed by atoms with van der Waals surface area (Å²) in [7, 11) is 0. The number of hydrogen-bond acceptors (Lipinski definition) is 7. The number of thiazole rings is 1.